The Morgan fingerprint density at radius 3 is 2.35 bits per heavy atom. The van der Waals surface area contributed by atoms with E-state index in [4.69, 9.17) is 11.6 Å². The molecule has 0 amide bonds. The van der Waals surface area contributed by atoms with Gasteiger partial charge in [-0.05, 0) is 29.3 Å². The zero-order valence-corrected chi connectivity index (χ0v) is 10.7. The number of alkyl halides is 3. The van der Waals surface area contributed by atoms with Crippen LogP contribution in [0.15, 0.2) is 36.5 Å². The average Bonchev–Trinajstić information content (AvgIpc) is 2.38. The molecule has 1 aromatic carbocycles. The summed E-state index contributed by atoms with van der Waals surface area (Å²) < 4.78 is 40.0. The van der Waals surface area contributed by atoms with E-state index in [9.17, 15) is 18.3 Å². The van der Waals surface area contributed by atoms with Gasteiger partial charge < -0.3 is 9.84 Å². The first-order chi connectivity index (χ1) is 9.40. The summed E-state index contributed by atoms with van der Waals surface area (Å²) in [7, 11) is 0. The SMILES string of the molecule is OCc1ccnc(Cl)c1-c1ccc(OC(F)(F)F)cc1. The second-order valence-electron chi connectivity index (χ2n) is 3.87. The molecule has 1 heterocycles. The van der Waals surface area contributed by atoms with Crippen LogP contribution in [0.5, 0.6) is 5.75 Å². The zero-order chi connectivity index (χ0) is 14.8. The molecule has 0 atom stereocenters. The van der Waals surface area contributed by atoms with Crippen LogP contribution in [-0.4, -0.2) is 16.5 Å². The van der Waals surface area contributed by atoms with Gasteiger partial charge in [0.25, 0.3) is 0 Å². The second kappa shape index (κ2) is 5.68. The zero-order valence-electron chi connectivity index (χ0n) is 9.99. The van der Waals surface area contributed by atoms with Crippen LogP contribution in [-0.2, 0) is 6.61 Å². The van der Waals surface area contributed by atoms with Crippen molar-refractivity contribution in [2.45, 2.75) is 13.0 Å². The van der Waals surface area contributed by atoms with Crippen molar-refractivity contribution in [3.63, 3.8) is 0 Å². The van der Waals surface area contributed by atoms with Gasteiger partial charge in [-0.25, -0.2) is 4.98 Å². The van der Waals surface area contributed by atoms with E-state index < -0.39 is 6.36 Å². The Morgan fingerprint density at radius 2 is 1.80 bits per heavy atom. The highest BCUT2D eigenvalue weighted by molar-refractivity contribution is 6.32. The van der Waals surface area contributed by atoms with E-state index in [2.05, 4.69) is 9.72 Å². The van der Waals surface area contributed by atoms with Gasteiger partial charge >= 0.3 is 6.36 Å². The number of nitrogens with zero attached hydrogens (tertiary/aromatic N) is 1. The molecule has 0 spiro atoms. The predicted octanol–water partition coefficient (Wildman–Crippen LogP) is 3.79. The van der Waals surface area contributed by atoms with Gasteiger partial charge in [-0.15, -0.1) is 13.2 Å². The van der Waals surface area contributed by atoms with E-state index in [0.29, 0.717) is 16.7 Å². The number of aliphatic hydroxyl groups is 1. The van der Waals surface area contributed by atoms with Gasteiger partial charge in [0.2, 0.25) is 0 Å². The Morgan fingerprint density at radius 1 is 1.15 bits per heavy atom. The molecule has 0 aliphatic rings. The Hall–Kier alpha value is -1.79. The maximum Gasteiger partial charge on any atom is 0.573 e. The third-order valence-corrected chi connectivity index (χ3v) is 2.82. The topological polar surface area (TPSA) is 42.4 Å². The van der Waals surface area contributed by atoms with Crippen LogP contribution in [0.3, 0.4) is 0 Å². The van der Waals surface area contributed by atoms with Crippen LogP contribution in [0.25, 0.3) is 11.1 Å². The molecule has 2 rings (SSSR count). The summed E-state index contributed by atoms with van der Waals surface area (Å²) in [5.74, 6) is -0.327. The van der Waals surface area contributed by atoms with E-state index in [-0.39, 0.29) is 17.5 Å². The van der Waals surface area contributed by atoms with E-state index >= 15 is 0 Å². The predicted molar refractivity (Wildman–Crippen MR) is 67.3 cm³/mol. The van der Waals surface area contributed by atoms with Gasteiger partial charge in [0, 0.05) is 11.8 Å². The van der Waals surface area contributed by atoms with Gasteiger partial charge in [0.15, 0.2) is 0 Å². The maximum absolute atomic E-state index is 12.1. The highest BCUT2D eigenvalue weighted by Crippen LogP contribution is 2.32. The van der Waals surface area contributed by atoms with Crippen molar-refractivity contribution in [1.82, 2.24) is 4.98 Å². The number of aromatic nitrogens is 1. The molecule has 0 fully saturated rings. The molecular weight excluding hydrogens is 295 g/mol. The van der Waals surface area contributed by atoms with E-state index in [0.717, 1.165) is 0 Å². The highest BCUT2D eigenvalue weighted by atomic mass is 35.5. The molecule has 1 aromatic heterocycles. The number of hydrogen-bond acceptors (Lipinski definition) is 3. The molecule has 0 aliphatic carbocycles. The lowest BCUT2D eigenvalue weighted by molar-refractivity contribution is -0.274. The molecule has 3 nitrogen and oxygen atoms in total. The molecule has 106 valence electrons. The summed E-state index contributed by atoms with van der Waals surface area (Å²) in [5.41, 5.74) is 1.56. The molecule has 2 aromatic rings. The Labute approximate surface area is 117 Å². The van der Waals surface area contributed by atoms with Crippen LogP contribution >= 0.6 is 11.6 Å². The molecule has 0 radical (unpaired) electrons. The van der Waals surface area contributed by atoms with Crippen molar-refractivity contribution in [2.75, 3.05) is 0 Å². The van der Waals surface area contributed by atoms with Crippen molar-refractivity contribution < 1.29 is 23.0 Å². The molecule has 1 N–H and O–H groups in total. The van der Waals surface area contributed by atoms with Crippen LogP contribution in [0.1, 0.15) is 5.56 Å². The van der Waals surface area contributed by atoms with Gasteiger partial charge in [0.1, 0.15) is 10.9 Å². The number of rotatable bonds is 3. The molecule has 0 aliphatic heterocycles. The lowest BCUT2D eigenvalue weighted by atomic mass is 10.0. The van der Waals surface area contributed by atoms with E-state index in [1.54, 1.807) is 6.07 Å². The fourth-order valence-corrected chi connectivity index (χ4v) is 2.02. The molecule has 0 bridgehead atoms. The molecule has 0 saturated carbocycles. The summed E-state index contributed by atoms with van der Waals surface area (Å²) in [4.78, 5) is 3.89. The van der Waals surface area contributed by atoms with E-state index in [1.807, 2.05) is 0 Å². The third-order valence-electron chi connectivity index (χ3n) is 2.54. The maximum atomic E-state index is 12.1. The van der Waals surface area contributed by atoms with Crippen LogP contribution < -0.4 is 4.74 Å². The van der Waals surface area contributed by atoms with Crippen LogP contribution in [0.2, 0.25) is 5.15 Å². The number of aliphatic hydroxyl groups excluding tert-OH is 1. The monoisotopic (exact) mass is 303 g/mol. The Bertz CT molecular complexity index is 600. The number of halogens is 4. The van der Waals surface area contributed by atoms with Crippen molar-refractivity contribution in [1.29, 1.82) is 0 Å². The van der Waals surface area contributed by atoms with Crippen molar-refractivity contribution in [3.05, 3.63) is 47.2 Å². The standard InChI is InChI=1S/C13H9ClF3NO2/c14-12-11(9(7-19)5-6-18-12)8-1-3-10(4-2-8)20-13(15,16)17/h1-6,19H,7H2. The largest absolute Gasteiger partial charge is 0.573 e. The minimum Gasteiger partial charge on any atom is -0.406 e. The first-order valence-electron chi connectivity index (χ1n) is 5.51. The Balaban J connectivity index is 2.36. The summed E-state index contributed by atoms with van der Waals surface area (Å²) in [6, 6.07) is 6.77. The molecule has 0 unspecified atom stereocenters. The molecule has 20 heavy (non-hydrogen) atoms. The number of hydrogen-bond donors (Lipinski definition) is 1. The summed E-state index contributed by atoms with van der Waals surface area (Å²) in [6.45, 7) is -0.252. The quantitative estimate of drug-likeness (QED) is 0.877. The van der Waals surface area contributed by atoms with Gasteiger partial charge in [0.05, 0.1) is 6.61 Å². The van der Waals surface area contributed by atoms with Crippen LogP contribution in [0, 0.1) is 0 Å². The average molecular weight is 304 g/mol. The lowest BCUT2D eigenvalue weighted by Gasteiger charge is -2.11. The van der Waals surface area contributed by atoms with Gasteiger partial charge in [-0.2, -0.15) is 0 Å². The summed E-state index contributed by atoms with van der Waals surface area (Å²) >= 11 is 5.96. The fraction of sp³-hybridized carbons (Fsp3) is 0.154. The summed E-state index contributed by atoms with van der Waals surface area (Å²) in [5, 5.41) is 9.42. The lowest BCUT2D eigenvalue weighted by Crippen LogP contribution is -2.16. The summed E-state index contributed by atoms with van der Waals surface area (Å²) in [6.07, 6.45) is -3.29. The second-order valence-corrected chi connectivity index (χ2v) is 4.22. The van der Waals surface area contributed by atoms with Crippen molar-refractivity contribution in [2.24, 2.45) is 0 Å². The minimum atomic E-state index is -4.73. The number of pyridine rings is 1. The smallest absolute Gasteiger partial charge is 0.406 e. The number of benzene rings is 1. The minimum absolute atomic E-state index is 0.168. The van der Waals surface area contributed by atoms with Crippen molar-refractivity contribution in [3.8, 4) is 16.9 Å². The van der Waals surface area contributed by atoms with Gasteiger partial charge in [-0.1, -0.05) is 23.7 Å². The van der Waals surface area contributed by atoms with Crippen LogP contribution in [0.4, 0.5) is 13.2 Å². The number of ether oxygens (including phenoxy) is 1. The fourth-order valence-electron chi connectivity index (χ4n) is 1.73. The Kier molecular flexibility index (Phi) is 4.15. The van der Waals surface area contributed by atoms with Gasteiger partial charge in [-0.3, -0.25) is 0 Å². The first-order valence-corrected chi connectivity index (χ1v) is 5.89. The third kappa shape index (κ3) is 3.40. The molecule has 7 heteroatoms. The highest BCUT2D eigenvalue weighted by Gasteiger charge is 2.31. The molecular formula is C13H9ClF3NO2. The molecule has 0 saturated heterocycles. The van der Waals surface area contributed by atoms with Crippen molar-refractivity contribution >= 4 is 11.6 Å². The first kappa shape index (κ1) is 14.6. The van der Waals surface area contributed by atoms with E-state index in [1.165, 1.54) is 30.5 Å². The normalized spacial score (nSPS) is 11.4.